The Labute approximate surface area is 157 Å². The number of aliphatic hydroxyl groups is 1. The van der Waals surface area contributed by atoms with E-state index in [4.69, 9.17) is 0 Å². The zero-order valence-corrected chi connectivity index (χ0v) is 15.5. The van der Waals surface area contributed by atoms with Gasteiger partial charge in [0, 0.05) is 32.0 Å². The summed E-state index contributed by atoms with van der Waals surface area (Å²) in [5, 5.41) is 14.3. The van der Waals surface area contributed by atoms with Crippen molar-refractivity contribution in [3.63, 3.8) is 0 Å². The molecule has 0 spiro atoms. The number of anilines is 2. The molecule has 2 rings (SSSR count). The molecule has 0 radical (unpaired) electrons. The van der Waals surface area contributed by atoms with E-state index in [0.717, 1.165) is 12.1 Å². The Balaban J connectivity index is 2.14. The van der Waals surface area contributed by atoms with E-state index >= 15 is 0 Å². The second kappa shape index (κ2) is 8.07. The van der Waals surface area contributed by atoms with Crippen LogP contribution >= 0.6 is 31.9 Å². The highest BCUT2D eigenvalue weighted by molar-refractivity contribution is 9.10. The van der Waals surface area contributed by atoms with Crippen LogP contribution in [0.2, 0.25) is 0 Å². The number of ether oxygens (including phenoxy) is 1. The molecule has 0 fully saturated rings. The van der Waals surface area contributed by atoms with Crippen molar-refractivity contribution in [2.75, 3.05) is 10.6 Å². The van der Waals surface area contributed by atoms with E-state index in [9.17, 15) is 23.1 Å². The summed E-state index contributed by atoms with van der Waals surface area (Å²) in [6.07, 6.45) is -4.84. The van der Waals surface area contributed by atoms with Crippen LogP contribution in [0.25, 0.3) is 0 Å². The molecule has 2 aromatic rings. The predicted octanol–water partition coefficient (Wildman–Crippen LogP) is 5.25. The van der Waals surface area contributed by atoms with E-state index in [1.807, 2.05) is 0 Å². The summed E-state index contributed by atoms with van der Waals surface area (Å²) in [5.41, 5.74) is 0.913. The van der Waals surface area contributed by atoms with Gasteiger partial charge in [0.1, 0.15) is 5.75 Å². The standard InChI is InChI=1S/C15H11Br2F3N2O3/c16-8-4-9(6-10(5-8)25-15(18,19)20)21-14(24)22-13-3-1-2-12(17)11(13)7-23/h1-6,23H,7H2,(H2,21,22,24). The largest absolute Gasteiger partial charge is 0.573 e. The van der Waals surface area contributed by atoms with Crippen LogP contribution in [0.3, 0.4) is 0 Å². The maximum Gasteiger partial charge on any atom is 0.573 e. The van der Waals surface area contributed by atoms with Gasteiger partial charge in [-0.2, -0.15) is 0 Å². The molecule has 3 N–H and O–H groups in total. The minimum Gasteiger partial charge on any atom is -0.406 e. The molecule has 0 bridgehead atoms. The van der Waals surface area contributed by atoms with Gasteiger partial charge in [0.25, 0.3) is 0 Å². The van der Waals surface area contributed by atoms with E-state index < -0.39 is 18.1 Å². The van der Waals surface area contributed by atoms with Crippen molar-refractivity contribution >= 4 is 49.3 Å². The Hall–Kier alpha value is -1.78. The highest BCUT2D eigenvalue weighted by Crippen LogP contribution is 2.30. The molecule has 25 heavy (non-hydrogen) atoms. The van der Waals surface area contributed by atoms with Crippen molar-refractivity contribution in [3.05, 3.63) is 50.9 Å². The number of halogens is 5. The summed E-state index contributed by atoms with van der Waals surface area (Å²) >= 11 is 6.30. The smallest absolute Gasteiger partial charge is 0.406 e. The average molecular weight is 484 g/mol. The number of nitrogens with one attached hydrogen (secondary N) is 2. The fourth-order valence-electron chi connectivity index (χ4n) is 1.95. The average Bonchev–Trinajstić information content (AvgIpc) is 2.44. The van der Waals surface area contributed by atoms with Gasteiger partial charge in [0.05, 0.1) is 6.61 Å². The van der Waals surface area contributed by atoms with Crippen LogP contribution in [0.4, 0.5) is 29.3 Å². The Kier molecular flexibility index (Phi) is 6.31. The van der Waals surface area contributed by atoms with Crippen LogP contribution in [0, 0.1) is 0 Å². The summed E-state index contributed by atoms with van der Waals surface area (Å²) in [4.78, 5) is 12.1. The number of urea groups is 1. The van der Waals surface area contributed by atoms with Crippen LogP contribution in [-0.2, 0) is 6.61 Å². The fourth-order valence-corrected chi connectivity index (χ4v) is 2.91. The summed E-state index contributed by atoms with van der Waals surface area (Å²) in [5.74, 6) is -0.476. The van der Waals surface area contributed by atoms with Crippen molar-refractivity contribution in [2.24, 2.45) is 0 Å². The van der Waals surface area contributed by atoms with E-state index in [2.05, 4.69) is 47.2 Å². The molecular weight excluding hydrogens is 473 g/mol. The summed E-state index contributed by atoms with van der Waals surface area (Å²) in [6.45, 7) is -0.308. The van der Waals surface area contributed by atoms with Crippen LogP contribution in [0.5, 0.6) is 5.75 Å². The van der Waals surface area contributed by atoms with E-state index in [0.29, 0.717) is 20.2 Å². The van der Waals surface area contributed by atoms with Gasteiger partial charge in [-0.25, -0.2) is 4.79 Å². The number of rotatable bonds is 4. The van der Waals surface area contributed by atoms with Gasteiger partial charge in [-0.1, -0.05) is 37.9 Å². The zero-order chi connectivity index (χ0) is 18.6. The van der Waals surface area contributed by atoms with Crippen molar-refractivity contribution in [1.82, 2.24) is 0 Å². The van der Waals surface area contributed by atoms with Crippen LogP contribution in [0.1, 0.15) is 5.56 Å². The van der Waals surface area contributed by atoms with Gasteiger partial charge >= 0.3 is 12.4 Å². The van der Waals surface area contributed by atoms with Gasteiger partial charge in [-0.15, -0.1) is 13.2 Å². The van der Waals surface area contributed by atoms with Crippen LogP contribution in [0.15, 0.2) is 45.3 Å². The van der Waals surface area contributed by atoms with Gasteiger partial charge < -0.3 is 20.5 Å². The number of carbonyl (C=O) groups is 1. The van der Waals surface area contributed by atoms with E-state index in [1.54, 1.807) is 18.2 Å². The van der Waals surface area contributed by atoms with Gasteiger partial charge in [0.15, 0.2) is 0 Å². The van der Waals surface area contributed by atoms with Gasteiger partial charge in [-0.3, -0.25) is 0 Å². The minimum atomic E-state index is -4.84. The van der Waals surface area contributed by atoms with E-state index in [1.165, 1.54) is 6.07 Å². The van der Waals surface area contributed by atoms with Gasteiger partial charge in [0.2, 0.25) is 0 Å². The Bertz CT molecular complexity index is 785. The summed E-state index contributed by atoms with van der Waals surface area (Å²) in [6, 6.07) is 7.81. The molecule has 0 aromatic heterocycles. The first-order valence-corrected chi connectivity index (χ1v) is 8.29. The third kappa shape index (κ3) is 5.91. The zero-order valence-electron chi connectivity index (χ0n) is 12.3. The first kappa shape index (κ1) is 19.5. The summed E-state index contributed by atoms with van der Waals surface area (Å²) < 4.78 is 41.7. The molecule has 2 aromatic carbocycles. The number of alkyl halides is 3. The molecule has 0 aliphatic carbocycles. The fraction of sp³-hybridized carbons (Fsp3) is 0.133. The molecule has 0 heterocycles. The molecule has 0 saturated heterocycles. The SMILES string of the molecule is O=C(Nc1cc(Br)cc(OC(F)(F)F)c1)Nc1cccc(Br)c1CO. The lowest BCUT2D eigenvalue weighted by Gasteiger charge is -2.14. The molecule has 0 aliphatic heterocycles. The van der Waals surface area contributed by atoms with Crippen molar-refractivity contribution in [2.45, 2.75) is 13.0 Å². The second-order valence-corrected chi connectivity index (χ2v) is 6.50. The van der Waals surface area contributed by atoms with Crippen LogP contribution < -0.4 is 15.4 Å². The minimum absolute atomic E-state index is 0.0895. The van der Waals surface area contributed by atoms with E-state index in [-0.39, 0.29) is 12.3 Å². The number of hydrogen-bond acceptors (Lipinski definition) is 3. The monoisotopic (exact) mass is 482 g/mol. The topological polar surface area (TPSA) is 70.6 Å². The molecule has 0 aliphatic rings. The Morgan fingerprint density at radius 3 is 2.52 bits per heavy atom. The van der Waals surface area contributed by atoms with Gasteiger partial charge in [-0.05, 0) is 24.3 Å². The third-order valence-electron chi connectivity index (χ3n) is 2.89. The van der Waals surface area contributed by atoms with Crippen molar-refractivity contribution < 1.29 is 27.8 Å². The lowest BCUT2D eigenvalue weighted by Crippen LogP contribution is -2.21. The normalized spacial score (nSPS) is 11.1. The molecule has 0 atom stereocenters. The number of aliphatic hydroxyl groups excluding tert-OH is 1. The van der Waals surface area contributed by atoms with Crippen molar-refractivity contribution in [1.29, 1.82) is 0 Å². The molecule has 0 unspecified atom stereocenters. The predicted molar refractivity (Wildman–Crippen MR) is 93.5 cm³/mol. The molecule has 10 heteroatoms. The number of amides is 2. The summed E-state index contributed by atoms with van der Waals surface area (Å²) in [7, 11) is 0. The maximum absolute atomic E-state index is 12.3. The molecular formula is C15H11Br2F3N2O3. The van der Waals surface area contributed by atoms with Crippen molar-refractivity contribution in [3.8, 4) is 5.75 Å². The first-order chi connectivity index (χ1) is 11.7. The number of carbonyl (C=O) groups excluding carboxylic acids is 1. The lowest BCUT2D eigenvalue weighted by atomic mass is 10.2. The highest BCUT2D eigenvalue weighted by atomic mass is 79.9. The third-order valence-corrected chi connectivity index (χ3v) is 4.09. The molecule has 2 amide bonds. The number of benzene rings is 2. The Morgan fingerprint density at radius 1 is 1.16 bits per heavy atom. The quantitative estimate of drug-likeness (QED) is 0.556. The molecule has 0 saturated carbocycles. The molecule has 5 nitrogen and oxygen atoms in total. The Morgan fingerprint density at radius 2 is 1.88 bits per heavy atom. The second-order valence-electron chi connectivity index (χ2n) is 4.73. The van der Waals surface area contributed by atoms with Crippen LogP contribution in [-0.4, -0.2) is 17.5 Å². The maximum atomic E-state index is 12.3. The highest BCUT2D eigenvalue weighted by Gasteiger charge is 2.31. The lowest BCUT2D eigenvalue weighted by molar-refractivity contribution is -0.274. The first-order valence-electron chi connectivity index (χ1n) is 6.70. The number of hydrogen-bond donors (Lipinski definition) is 3. The molecule has 134 valence electrons.